The topological polar surface area (TPSA) is 95.7 Å². The van der Waals surface area contributed by atoms with E-state index < -0.39 is 10.0 Å². The van der Waals surface area contributed by atoms with Gasteiger partial charge in [0, 0.05) is 33.1 Å². The minimum Gasteiger partial charge on any atom is -0.469 e. The first-order valence-corrected chi connectivity index (χ1v) is 8.32. The van der Waals surface area contributed by atoms with Gasteiger partial charge in [-0.1, -0.05) is 0 Å². The van der Waals surface area contributed by atoms with Crippen LogP contribution in [0, 0.1) is 0 Å². The molecule has 1 aromatic heterocycles. The molecule has 0 aliphatic heterocycles. The van der Waals surface area contributed by atoms with Gasteiger partial charge in [-0.2, -0.15) is 0 Å². The van der Waals surface area contributed by atoms with Crippen LogP contribution in [0.3, 0.4) is 0 Å². The molecule has 0 amide bonds. The average molecular weight is 302 g/mol. The maximum atomic E-state index is 10.9. The average Bonchev–Trinajstić information content (AvgIpc) is 2.88. The van der Waals surface area contributed by atoms with Gasteiger partial charge in [0.25, 0.3) is 0 Å². The molecule has 1 heterocycles. The van der Waals surface area contributed by atoms with Crippen LogP contribution in [0.1, 0.15) is 12.2 Å². The minimum atomic E-state index is -3.10. The molecule has 20 heavy (non-hydrogen) atoms. The molecule has 0 aliphatic rings. The Labute approximate surface area is 119 Å². The summed E-state index contributed by atoms with van der Waals surface area (Å²) in [4.78, 5) is 4.08. The molecule has 7 nitrogen and oxygen atoms in total. The van der Waals surface area contributed by atoms with Crippen molar-refractivity contribution >= 4 is 16.0 Å². The van der Waals surface area contributed by atoms with Gasteiger partial charge in [0.1, 0.15) is 5.76 Å². The molecule has 0 aliphatic carbocycles. The number of guanidine groups is 1. The molecule has 0 atom stereocenters. The van der Waals surface area contributed by atoms with E-state index in [1.807, 2.05) is 12.1 Å². The predicted octanol–water partition coefficient (Wildman–Crippen LogP) is -0.0736. The van der Waals surface area contributed by atoms with Crippen molar-refractivity contribution in [2.45, 2.75) is 12.8 Å². The number of hydrogen-bond donors (Lipinski definition) is 3. The van der Waals surface area contributed by atoms with E-state index in [4.69, 9.17) is 4.42 Å². The fourth-order valence-electron chi connectivity index (χ4n) is 1.53. The lowest BCUT2D eigenvalue weighted by Gasteiger charge is -2.11. The van der Waals surface area contributed by atoms with Gasteiger partial charge in [-0.15, -0.1) is 0 Å². The predicted molar refractivity (Wildman–Crippen MR) is 79.2 cm³/mol. The van der Waals surface area contributed by atoms with Crippen LogP contribution >= 0.6 is 0 Å². The van der Waals surface area contributed by atoms with Crippen molar-refractivity contribution in [1.29, 1.82) is 0 Å². The second kappa shape index (κ2) is 8.60. The van der Waals surface area contributed by atoms with Crippen LogP contribution in [0.2, 0.25) is 0 Å². The maximum absolute atomic E-state index is 10.9. The smallest absolute Gasteiger partial charge is 0.208 e. The first-order chi connectivity index (χ1) is 9.51. The summed E-state index contributed by atoms with van der Waals surface area (Å²) in [5.41, 5.74) is 0. The molecule has 0 bridgehead atoms. The molecule has 0 radical (unpaired) electrons. The summed E-state index contributed by atoms with van der Waals surface area (Å²) in [6.07, 6.45) is 4.27. The molecule has 0 aromatic carbocycles. The molecule has 0 unspecified atom stereocenters. The third-order valence-corrected chi connectivity index (χ3v) is 3.21. The van der Waals surface area contributed by atoms with Gasteiger partial charge < -0.3 is 15.1 Å². The van der Waals surface area contributed by atoms with Crippen molar-refractivity contribution in [3.8, 4) is 0 Å². The number of aliphatic imine (C=N–C) groups is 1. The molecular formula is C12H22N4O3S. The van der Waals surface area contributed by atoms with Crippen molar-refractivity contribution in [2.24, 2.45) is 4.99 Å². The van der Waals surface area contributed by atoms with Crippen LogP contribution < -0.4 is 15.4 Å². The number of nitrogens with one attached hydrogen (secondary N) is 3. The number of hydrogen-bond acceptors (Lipinski definition) is 4. The zero-order valence-corrected chi connectivity index (χ0v) is 12.7. The Hall–Kier alpha value is -1.54. The van der Waals surface area contributed by atoms with Crippen LogP contribution in [-0.4, -0.2) is 47.3 Å². The highest BCUT2D eigenvalue weighted by Gasteiger charge is 2.01. The first kappa shape index (κ1) is 16.5. The Morgan fingerprint density at radius 2 is 2.05 bits per heavy atom. The lowest BCUT2D eigenvalue weighted by Crippen LogP contribution is -2.39. The summed E-state index contributed by atoms with van der Waals surface area (Å²) < 4.78 is 29.4. The van der Waals surface area contributed by atoms with Crippen molar-refractivity contribution in [1.82, 2.24) is 15.4 Å². The molecule has 1 rings (SSSR count). The largest absolute Gasteiger partial charge is 0.469 e. The molecule has 8 heteroatoms. The Balaban J connectivity index is 2.11. The quantitative estimate of drug-likeness (QED) is 0.355. The lowest BCUT2D eigenvalue weighted by atomic mass is 10.3. The molecule has 1 aromatic rings. The highest BCUT2D eigenvalue weighted by Crippen LogP contribution is 1.99. The third kappa shape index (κ3) is 7.80. The molecule has 114 valence electrons. The summed E-state index contributed by atoms with van der Waals surface area (Å²) in [5.74, 6) is 1.61. The van der Waals surface area contributed by atoms with Crippen LogP contribution in [0.15, 0.2) is 27.8 Å². The van der Waals surface area contributed by atoms with Gasteiger partial charge in [-0.25, -0.2) is 13.1 Å². The summed E-state index contributed by atoms with van der Waals surface area (Å²) in [6.45, 7) is 1.77. The number of nitrogens with zero attached hydrogens (tertiary/aromatic N) is 1. The van der Waals surface area contributed by atoms with Gasteiger partial charge in [-0.3, -0.25) is 4.99 Å². The van der Waals surface area contributed by atoms with Gasteiger partial charge in [-0.05, 0) is 18.6 Å². The summed E-state index contributed by atoms with van der Waals surface area (Å²) in [7, 11) is -1.41. The van der Waals surface area contributed by atoms with E-state index in [1.54, 1.807) is 13.3 Å². The van der Waals surface area contributed by atoms with E-state index in [1.165, 1.54) is 0 Å². The zero-order valence-electron chi connectivity index (χ0n) is 11.8. The Bertz CT molecular complexity index is 497. The monoisotopic (exact) mass is 302 g/mol. The molecule has 0 spiro atoms. The van der Waals surface area contributed by atoms with E-state index in [-0.39, 0.29) is 0 Å². The van der Waals surface area contributed by atoms with Gasteiger partial charge >= 0.3 is 0 Å². The van der Waals surface area contributed by atoms with Crippen molar-refractivity contribution < 1.29 is 12.8 Å². The van der Waals surface area contributed by atoms with E-state index in [9.17, 15) is 8.42 Å². The summed E-state index contributed by atoms with van der Waals surface area (Å²) in [5, 5.41) is 6.26. The fourth-order valence-corrected chi connectivity index (χ4v) is 2.05. The van der Waals surface area contributed by atoms with E-state index in [0.29, 0.717) is 25.5 Å². The molecular weight excluding hydrogens is 280 g/mol. The number of sulfonamides is 1. The molecule has 0 saturated carbocycles. The van der Waals surface area contributed by atoms with Crippen LogP contribution in [0.25, 0.3) is 0 Å². The van der Waals surface area contributed by atoms with Gasteiger partial charge in [0.2, 0.25) is 10.0 Å². The standard InChI is InChI=1S/C12H22N4O3S/c1-13-12(14-7-4-8-16-20(2,17)18)15-9-6-11-5-3-10-19-11/h3,5,10,16H,4,6-9H2,1-2H3,(H2,13,14,15). The van der Waals surface area contributed by atoms with Crippen LogP contribution in [0.4, 0.5) is 0 Å². The number of rotatable bonds is 8. The zero-order chi connectivity index (χ0) is 14.8. The number of furan rings is 1. The van der Waals surface area contributed by atoms with Crippen molar-refractivity contribution in [3.05, 3.63) is 24.2 Å². The molecule has 0 fully saturated rings. The normalized spacial score (nSPS) is 12.4. The Morgan fingerprint density at radius 1 is 1.30 bits per heavy atom. The highest BCUT2D eigenvalue weighted by atomic mass is 32.2. The highest BCUT2D eigenvalue weighted by molar-refractivity contribution is 7.88. The van der Waals surface area contributed by atoms with Crippen LogP contribution in [0.5, 0.6) is 0 Å². The SMILES string of the molecule is CN=C(NCCCNS(C)(=O)=O)NCCc1ccco1. The van der Waals surface area contributed by atoms with Crippen LogP contribution in [-0.2, 0) is 16.4 Å². The first-order valence-electron chi connectivity index (χ1n) is 6.43. The van der Waals surface area contributed by atoms with E-state index >= 15 is 0 Å². The van der Waals surface area contributed by atoms with Crippen molar-refractivity contribution in [3.63, 3.8) is 0 Å². The Kier molecular flexibility index (Phi) is 7.10. The molecule has 3 N–H and O–H groups in total. The maximum Gasteiger partial charge on any atom is 0.208 e. The van der Waals surface area contributed by atoms with Gasteiger partial charge in [0.15, 0.2) is 5.96 Å². The molecule has 0 saturated heterocycles. The fraction of sp³-hybridized carbons (Fsp3) is 0.583. The second-order valence-electron chi connectivity index (χ2n) is 4.28. The summed E-state index contributed by atoms with van der Waals surface area (Å²) >= 11 is 0. The van der Waals surface area contributed by atoms with E-state index in [2.05, 4.69) is 20.3 Å². The minimum absolute atomic E-state index is 0.412. The van der Waals surface area contributed by atoms with E-state index in [0.717, 1.165) is 25.0 Å². The Morgan fingerprint density at radius 3 is 2.65 bits per heavy atom. The summed E-state index contributed by atoms with van der Waals surface area (Å²) in [6, 6.07) is 3.78. The van der Waals surface area contributed by atoms with Crippen molar-refractivity contribution in [2.75, 3.05) is 32.9 Å². The van der Waals surface area contributed by atoms with Gasteiger partial charge in [0.05, 0.1) is 12.5 Å². The third-order valence-electron chi connectivity index (χ3n) is 2.48. The second-order valence-corrected chi connectivity index (χ2v) is 6.11. The lowest BCUT2D eigenvalue weighted by molar-refractivity contribution is 0.506.